The molecule has 1 heterocycles. The molecule has 2 nitrogen and oxygen atoms in total. The Morgan fingerprint density at radius 2 is 1.90 bits per heavy atom. The van der Waals surface area contributed by atoms with Crippen molar-refractivity contribution in [3.05, 3.63) is 32.7 Å². The average Bonchev–Trinajstić information content (AvgIpc) is 2.53. The number of ether oxygens (including phenoxy) is 1. The lowest BCUT2D eigenvalue weighted by atomic mass is 9.79. The number of hydrogen-bond acceptors (Lipinski definition) is 2. The molecule has 0 saturated carbocycles. The topological polar surface area (TPSA) is 21.3 Å². The van der Waals surface area contributed by atoms with Crippen LogP contribution in [0.15, 0.2) is 27.1 Å². The summed E-state index contributed by atoms with van der Waals surface area (Å²) >= 11 is 7.26. The molecule has 0 bridgehead atoms. The van der Waals surface area contributed by atoms with Crippen molar-refractivity contribution < 1.29 is 4.74 Å². The molecule has 4 heteroatoms. The van der Waals surface area contributed by atoms with Gasteiger partial charge in [0.25, 0.3) is 0 Å². The SMILES string of the molecule is CNC(c1cc(Br)ccc1Br)C1CC(C)(C)OC1(C)C. The lowest BCUT2D eigenvalue weighted by Gasteiger charge is -2.33. The maximum absolute atomic E-state index is 6.26. The Morgan fingerprint density at radius 3 is 2.40 bits per heavy atom. The zero-order valence-corrected chi connectivity index (χ0v) is 15.9. The highest BCUT2D eigenvalue weighted by molar-refractivity contribution is 9.11. The van der Waals surface area contributed by atoms with Gasteiger partial charge >= 0.3 is 0 Å². The summed E-state index contributed by atoms with van der Waals surface area (Å²) in [5.41, 5.74) is 1.07. The van der Waals surface area contributed by atoms with E-state index in [-0.39, 0.29) is 17.2 Å². The molecule has 1 aromatic rings. The van der Waals surface area contributed by atoms with E-state index in [4.69, 9.17) is 4.74 Å². The van der Waals surface area contributed by atoms with E-state index in [9.17, 15) is 0 Å². The fourth-order valence-corrected chi connectivity index (χ4v) is 4.32. The second-order valence-electron chi connectivity index (χ2n) is 6.71. The van der Waals surface area contributed by atoms with Crippen LogP contribution in [-0.4, -0.2) is 18.2 Å². The van der Waals surface area contributed by atoms with E-state index in [0.29, 0.717) is 5.92 Å². The molecule has 0 spiro atoms. The third-order valence-corrected chi connectivity index (χ3v) is 5.37. The molecule has 1 N–H and O–H groups in total. The van der Waals surface area contributed by atoms with Gasteiger partial charge in [0.1, 0.15) is 0 Å². The third kappa shape index (κ3) is 3.29. The van der Waals surface area contributed by atoms with E-state index in [2.05, 4.69) is 83.1 Å². The van der Waals surface area contributed by atoms with Gasteiger partial charge in [0, 0.05) is 20.9 Å². The summed E-state index contributed by atoms with van der Waals surface area (Å²) in [5, 5.41) is 3.49. The van der Waals surface area contributed by atoms with Gasteiger partial charge in [-0.3, -0.25) is 0 Å². The summed E-state index contributed by atoms with van der Waals surface area (Å²) in [6, 6.07) is 6.60. The minimum Gasteiger partial charge on any atom is -0.369 e. The molecular weight excluding hydrogens is 382 g/mol. The van der Waals surface area contributed by atoms with Gasteiger partial charge in [0.2, 0.25) is 0 Å². The molecule has 0 radical (unpaired) electrons. The number of hydrogen-bond donors (Lipinski definition) is 1. The smallest absolute Gasteiger partial charge is 0.0681 e. The van der Waals surface area contributed by atoms with Gasteiger partial charge in [-0.05, 0) is 64.9 Å². The summed E-state index contributed by atoms with van der Waals surface area (Å²) < 4.78 is 8.50. The molecule has 2 unspecified atom stereocenters. The van der Waals surface area contributed by atoms with E-state index >= 15 is 0 Å². The maximum atomic E-state index is 6.26. The van der Waals surface area contributed by atoms with Gasteiger partial charge in [-0.2, -0.15) is 0 Å². The van der Waals surface area contributed by atoms with Gasteiger partial charge < -0.3 is 10.1 Å². The first kappa shape index (κ1) is 16.5. The molecule has 0 aliphatic carbocycles. The lowest BCUT2D eigenvalue weighted by Crippen LogP contribution is -2.37. The fourth-order valence-electron chi connectivity index (χ4n) is 3.45. The Balaban J connectivity index is 2.40. The Kier molecular flexibility index (Phi) is 4.70. The van der Waals surface area contributed by atoms with Gasteiger partial charge in [0.05, 0.1) is 11.2 Å². The maximum Gasteiger partial charge on any atom is 0.0681 e. The number of halogens is 2. The van der Waals surface area contributed by atoms with Crippen LogP contribution in [0.5, 0.6) is 0 Å². The summed E-state index contributed by atoms with van der Waals surface area (Å²) in [6.07, 6.45) is 1.05. The highest BCUT2D eigenvalue weighted by Gasteiger charge is 2.49. The van der Waals surface area contributed by atoms with E-state index in [1.54, 1.807) is 0 Å². The van der Waals surface area contributed by atoms with Gasteiger partial charge in [-0.1, -0.05) is 31.9 Å². The van der Waals surface area contributed by atoms with E-state index in [1.807, 2.05) is 7.05 Å². The van der Waals surface area contributed by atoms with Crippen molar-refractivity contribution >= 4 is 31.9 Å². The van der Waals surface area contributed by atoms with Crippen LogP contribution in [0.2, 0.25) is 0 Å². The van der Waals surface area contributed by atoms with Crippen LogP contribution in [0.25, 0.3) is 0 Å². The average molecular weight is 405 g/mol. The van der Waals surface area contributed by atoms with Crippen LogP contribution in [0, 0.1) is 5.92 Å². The van der Waals surface area contributed by atoms with Crippen molar-refractivity contribution in [3.63, 3.8) is 0 Å². The second-order valence-corrected chi connectivity index (χ2v) is 8.48. The fraction of sp³-hybridized carbons (Fsp3) is 0.625. The monoisotopic (exact) mass is 403 g/mol. The van der Waals surface area contributed by atoms with Crippen molar-refractivity contribution in [1.29, 1.82) is 0 Å². The van der Waals surface area contributed by atoms with E-state index < -0.39 is 0 Å². The molecule has 0 amide bonds. The lowest BCUT2D eigenvalue weighted by molar-refractivity contribution is -0.0777. The Labute approximate surface area is 138 Å². The molecule has 1 aromatic carbocycles. The van der Waals surface area contributed by atoms with Crippen LogP contribution in [0.3, 0.4) is 0 Å². The number of nitrogens with one attached hydrogen (secondary N) is 1. The zero-order chi connectivity index (χ0) is 15.1. The molecule has 112 valence electrons. The Hall–Kier alpha value is 0.1000. The van der Waals surface area contributed by atoms with Crippen LogP contribution in [0.4, 0.5) is 0 Å². The normalized spacial score (nSPS) is 25.6. The molecule has 2 rings (SSSR count). The molecule has 20 heavy (non-hydrogen) atoms. The summed E-state index contributed by atoms with van der Waals surface area (Å²) in [5.74, 6) is 0.424. The van der Waals surface area contributed by atoms with Crippen molar-refractivity contribution in [2.24, 2.45) is 5.92 Å². The van der Waals surface area contributed by atoms with Crippen LogP contribution < -0.4 is 5.32 Å². The Morgan fingerprint density at radius 1 is 1.25 bits per heavy atom. The van der Waals surface area contributed by atoms with Gasteiger partial charge in [-0.25, -0.2) is 0 Å². The standard InChI is InChI=1S/C16H23Br2NO/c1-15(2)9-12(16(3,4)20-15)14(19-5)11-8-10(17)6-7-13(11)18/h6-8,12,14,19H,9H2,1-5H3. The van der Waals surface area contributed by atoms with Crippen molar-refractivity contribution in [1.82, 2.24) is 5.32 Å². The summed E-state index contributed by atoms with van der Waals surface area (Å²) in [7, 11) is 2.03. The number of rotatable bonds is 3. The molecule has 1 aliphatic rings. The third-order valence-electron chi connectivity index (χ3n) is 4.15. The predicted molar refractivity (Wildman–Crippen MR) is 91.0 cm³/mol. The van der Waals surface area contributed by atoms with Crippen molar-refractivity contribution in [2.75, 3.05) is 7.05 Å². The van der Waals surface area contributed by atoms with Crippen LogP contribution in [0.1, 0.15) is 45.7 Å². The molecular formula is C16H23Br2NO. The van der Waals surface area contributed by atoms with Crippen LogP contribution in [-0.2, 0) is 4.74 Å². The largest absolute Gasteiger partial charge is 0.369 e. The highest BCUT2D eigenvalue weighted by Crippen LogP contribution is 2.48. The van der Waals surface area contributed by atoms with Crippen molar-refractivity contribution in [3.8, 4) is 0 Å². The summed E-state index contributed by atoms with van der Waals surface area (Å²) in [6.45, 7) is 8.75. The minimum atomic E-state index is -0.140. The predicted octanol–water partition coefficient (Wildman–Crippen LogP) is 5.07. The number of benzene rings is 1. The van der Waals surface area contributed by atoms with Gasteiger partial charge in [0.15, 0.2) is 0 Å². The molecule has 1 fully saturated rings. The summed E-state index contributed by atoms with van der Waals surface area (Å²) in [4.78, 5) is 0. The first-order valence-electron chi connectivity index (χ1n) is 6.99. The molecule has 0 aromatic heterocycles. The van der Waals surface area contributed by atoms with E-state index in [0.717, 1.165) is 15.4 Å². The first-order valence-corrected chi connectivity index (χ1v) is 8.57. The quantitative estimate of drug-likeness (QED) is 0.759. The minimum absolute atomic E-state index is 0.0677. The first-order chi connectivity index (χ1) is 9.16. The second kappa shape index (κ2) is 5.71. The molecule has 1 aliphatic heterocycles. The van der Waals surface area contributed by atoms with Crippen LogP contribution >= 0.6 is 31.9 Å². The van der Waals surface area contributed by atoms with Gasteiger partial charge in [-0.15, -0.1) is 0 Å². The molecule has 2 atom stereocenters. The highest BCUT2D eigenvalue weighted by atomic mass is 79.9. The van der Waals surface area contributed by atoms with E-state index in [1.165, 1.54) is 5.56 Å². The Bertz CT molecular complexity index is 499. The van der Waals surface area contributed by atoms with Crippen molar-refractivity contribution in [2.45, 2.75) is 51.4 Å². The zero-order valence-electron chi connectivity index (χ0n) is 12.8. The molecule has 1 saturated heterocycles.